The molecule has 3 nitrogen and oxygen atoms in total. The molecule has 0 bridgehead atoms. The zero-order valence-corrected chi connectivity index (χ0v) is 10.3. The van der Waals surface area contributed by atoms with Gasteiger partial charge in [-0.05, 0) is 12.8 Å². The smallest absolute Gasteiger partial charge is 0.228 e. The average Bonchev–Trinajstić information content (AvgIpc) is 2.16. The number of rotatable bonds is 2. The fourth-order valence-corrected chi connectivity index (χ4v) is 2.48. The number of amides is 1. The van der Waals surface area contributed by atoms with Gasteiger partial charge in [0.05, 0.1) is 35.0 Å². The van der Waals surface area contributed by atoms with Gasteiger partial charge < -0.3 is 4.74 Å². The highest BCUT2D eigenvalue weighted by atomic mass is 127. The molecule has 1 aliphatic rings. The van der Waals surface area contributed by atoms with Crippen LogP contribution in [0.2, 0.25) is 0 Å². The van der Waals surface area contributed by atoms with Gasteiger partial charge in [0.1, 0.15) is 0 Å². The lowest BCUT2D eigenvalue weighted by Crippen LogP contribution is -2.43. The van der Waals surface area contributed by atoms with Crippen molar-refractivity contribution >= 4 is 28.8 Å². The zero-order chi connectivity index (χ0) is 9.84. The van der Waals surface area contributed by atoms with Gasteiger partial charge >= 0.3 is 0 Å². The van der Waals surface area contributed by atoms with E-state index >= 15 is 0 Å². The second-order valence-electron chi connectivity index (χ2n) is 3.46. The summed E-state index contributed by atoms with van der Waals surface area (Å²) in [6, 6.07) is 0.275. The molecule has 2 atom stereocenters. The van der Waals surface area contributed by atoms with Crippen molar-refractivity contribution < 1.29 is 9.53 Å². The van der Waals surface area contributed by atoms with Gasteiger partial charge in [-0.1, -0.05) is 12.8 Å². The zero-order valence-electron chi connectivity index (χ0n) is 8.12. The van der Waals surface area contributed by atoms with Crippen LogP contribution in [0.3, 0.4) is 0 Å². The molecular formula is C9H16INO2. The SMILES string of the molecule is COC1CCCCC1N(I)C(C)=O. The van der Waals surface area contributed by atoms with Crippen molar-refractivity contribution in [2.24, 2.45) is 0 Å². The van der Waals surface area contributed by atoms with E-state index in [0.29, 0.717) is 0 Å². The topological polar surface area (TPSA) is 29.5 Å². The molecular weight excluding hydrogens is 281 g/mol. The molecule has 0 saturated heterocycles. The van der Waals surface area contributed by atoms with E-state index in [1.165, 1.54) is 12.8 Å². The molecule has 1 rings (SSSR count). The summed E-state index contributed by atoms with van der Waals surface area (Å²) >= 11 is 2.09. The van der Waals surface area contributed by atoms with E-state index in [0.717, 1.165) is 12.8 Å². The third kappa shape index (κ3) is 2.80. The van der Waals surface area contributed by atoms with E-state index < -0.39 is 0 Å². The molecule has 0 aromatic rings. The van der Waals surface area contributed by atoms with Crippen LogP contribution in [0.4, 0.5) is 0 Å². The average molecular weight is 297 g/mol. The van der Waals surface area contributed by atoms with Crippen LogP contribution in [0.5, 0.6) is 0 Å². The summed E-state index contributed by atoms with van der Waals surface area (Å²) < 4.78 is 7.16. The minimum Gasteiger partial charge on any atom is -0.379 e. The van der Waals surface area contributed by atoms with Crippen molar-refractivity contribution in [2.75, 3.05) is 7.11 Å². The van der Waals surface area contributed by atoms with Gasteiger partial charge in [0.2, 0.25) is 5.91 Å². The van der Waals surface area contributed by atoms with E-state index in [4.69, 9.17) is 4.74 Å². The van der Waals surface area contributed by atoms with Crippen LogP contribution in [0.25, 0.3) is 0 Å². The number of carbonyl (C=O) groups is 1. The number of methoxy groups -OCH3 is 1. The predicted octanol–water partition coefficient (Wildman–Crippen LogP) is 2.14. The quantitative estimate of drug-likeness (QED) is 0.577. The molecule has 4 heteroatoms. The molecule has 0 aromatic carbocycles. The fraction of sp³-hybridized carbons (Fsp3) is 0.889. The monoisotopic (exact) mass is 297 g/mol. The van der Waals surface area contributed by atoms with Gasteiger partial charge in [-0.3, -0.25) is 7.91 Å². The minimum atomic E-state index is 0.120. The van der Waals surface area contributed by atoms with Gasteiger partial charge in [-0.25, -0.2) is 0 Å². The van der Waals surface area contributed by atoms with E-state index in [9.17, 15) is 4.79 Å². The summed E-state index contributed by atoms with van der Waals surface area (Å²) in [7, 11) is 1.73. The van der Waals surface area contributed by atoms with Crippen LogP contribution in [0.15, 0.2) is 0 Å². The number of hydrogen-bond donors (Lipinski definition) is 0. The molecule has 2 unspecified atom stereocenters. The molecule has 1 fully saturated rings. The highest BCUT2D eigenvalue weighted by molar-refractivity contribution is 14.1. The van der Waals surface area contributed by atoms with Crippen molar-refractivity contribution in [3.05, 3.63) is 0 Å². The standard InChI is InChI=1S/C9H16INO2/c1-7(12)11(10)8-5-3-4-6-9(8)13-2/h8-9H,3-6H2,1-2H3. The molecule has 1 aliphatic carbocycles. The maximum Gasteiger partial charge on any atom is 0.228 e. The lowest BCUT2D eigenvalue weighted by molar-refractivity contribution is -0.126. The van der Waals surface area contributed by atoms with Crippen molar-refractivity contribution in [3.63, 3.8) is 0 Å². The van der Waals surface area contributed by atoms with E-state index in [1.54, 1.807) is 17.1 Å². The third-order valence-corrected chi connectivity index (χ3v) is 3.96. The fourth-order valence-electron chi connectivity index (χ4n) is 1.85. The van der Waals surface area contributed by atoms with Gasteiger partial charge in [-0.2, -0.15) is 0 Å². The third-order valence-electron chi connectivity index (χ3n) is 2.56. The Morgan fingerprint density at radius 3 is 2.62 bits per heavy atom. The summed E-state index contributed by atoms with van der Waals surface area (Å²) in [5.41, 5.74) is 0. The Bertz CT molecular complexity index is 186. The maximum absolute atomic E-state index is 11.2. The number of carbonyl (C=O) groups excluding carboxylic acids is 1. The Kier molecular flexibility index (Phi) is 4.45. The minimum absolute atomic E-state index is 0.120. The lowest BCUT2D eigenvalue weighted by Gasteiger charge is -2.35. The summed E-state index contributed by atoms with van der Waals surface area (Å²) in [6.45, 7) is 1.60. The largest absolute Gasteiger partial charge is 0.379 e. The van der Waals surface area contributed by atoms with Crippen LogP contribution in [0.1, 0.15) is 32.6 Å². The van der Waals surface area contributed by atoms with E-state index in [1.807, 2.05) is 0 Å². The van der Waals surface area contributed by atoms with Gasteiger partial charge in [-0.15, -0.1) is 0 Å². The van der Waals surface area contributed by atoms with Crippen LogP contribution in [-0.4, -0.2) is 28.3 Å². The van der Waals surface area contributed by atoms with E-state index in [-0.39, 0.29) is 18.1 Å². The first-order valence-electron chi connectivity index (χ1n) is 4.65. The highest BCUT2D eigenvalue weighted by Crippen LogP contribution is 2.27. The predicted molar refractivity (Wildman–Crippen MR) is 59.6 cm³/mol. The van der Waals surface area contributed by atoms with Gasteiger partial charge in [0.15, 0.2) is 0 Å². The van der Waals surface area contributed by atoms with E-state index in [2.05, 4.69) is 22.9 Å². The molecule has 0 N–H and O–H groups in total. The van der Waals surface area contributed by atoms with Crippen LogP contribution in [0, 0.1) is 0 Å². The van der Waals surface area contributed by atoms with Crippen molar-refractivity contribution in [3.8, 4) is 0 Å². The Morgan fingerprint density at radius 1 is 1.46 bits per heavy atom. The summed E-state index contributed by atoms with van der Waals surface area (Å²) in [6.07, 6.45) is 4.80. The number of halogens is 1. The first-order valence-corrected chi connectivity index (χ1v) is 5.61. The maximum atomic E-state index is 11.2. The van der Waals surface area contributed by atoms with Crippen molar-refractivity contribution in [2.45, 2.75) is 44.8 Å². The van der Waals surface area contributed by atoms with Crippen LogP contribution in [-0.2, 0) is 9.53 Å². The molecule has 76 valence electrons. The number of nitrogens with zero attached hydrogens (tertiary/aromatic N) is 1. The molecule has 0 aliphatic heterocycles. The van der Waals surface area contributed by atoms with Crippen molar-refractivity contribution in [1.29, 1.82) is 0 Å². The Labute approximate surface area is 93.3 Å². The molecule has 13 heavy (non-hydrogen) atoms. The first-order chi connectivity index (χ1) is 6.16. The second-order valence-corrected chi connectivity index (χ2v) is 4.50. The normalized spacial score (nSPS) is 28.5. The second kappa shape index (κ2) is 5.14. The highest BCUT2D eigenvalue weighted by Gasteiger charge is 2.30. The number of ether oxygens (including phenoxy) is 1. The van der Waals surface area contributed by atoms with Gasteiger partial charge in [0.25, 0.3) is 0 Å². The molecule has 1 amide bonds. The Morgan fingerprint density at radius 2 is 2.08 bits per heavy atom. The summed E-state index contributed by atoms with van der Waals surface area (Å²) in [5, 5.41) is 0. The summed E-state index contributed by atoms with van der Waals surface area (Å²) in [5.74, 6) is 0.120. The molecule has 0 radical (unpaired) electrons. The number of hydrogen-bond acceptors (Lipinski definition) is 2. The molecule has 0 heterocycles. The molecule has 0 aromatic heterocycles. The lowest BCUT2D eigenvalue weighted by atomic mass is 9.92. The van der Waals surface area contributed by atoms with Crippen LogP contribution < -0.4 is 0 Å². The Hall–Kier alpha value is 0.160. The Balaban J connectivity index is 2.58. The first kappa shape index (κ1) is 11.2. The van der Waals surface area contributed by atoms with Crippen molar-refractivity contribution in [1.82, 2.24) is 3.11 Å². The molecule has 1 saturated carbocycles. The van der Waals surface area contributed by atoms with Gasteiger partial charge in [0, 0.05) is 14.0 Å². The summed E-state index contributed by atoms with van der Waals surface area (Å²) in [4.78, 5) is 11.2. The van der Waals surface area contributed by atoms with Crippen LogP contribution >= 0.6 is 22.9 Å². The molecule has 0 spiro atoms.